The lowest BCUT2D eigenvalue weighted by Crippen LogP contribution is -2.31. The number of thioether (sulfide) groups is 1. The summed E-state index contributed by atoms with van der Waals surface area (Å²) in [4.78, 5) is 4.63. The van der Waals surface area contributed by atoms with Crippen LogP contribution < -0.4 is 5.32 Å². The first-order valence-corrected chi connectivity index (χ1v) is 7.27. The van der Waals surface area contributed by atoms with Crippen LogP contribution in [-0.2, 0) is 0 Å². The number of aliphatic imine (C=N–C) groups is 1. The standard InChI is InChI=1S/C10H17BrN2S/c1-6(8-3-4-8)12-10-13-7(2)9(5-11)14-10/h6-9H,3-5H2,1-2H3,(H,12,13). The lowest BCUT2D eigenvalue weighted by molar-refractivity contribution is 0.589. The minimum Gasteiger partial charge on any atom is -0.362 e. The summed E-state index contributed by atoms with van der Waals surface area (Å²) in [6.45, 7) is 4.46. The number of nitrogens with one attached hydrogen (secondary N) is 1. The SMILES string of the molecule is CC1N=C(NC(C)C2CC2)SC1CBr. The van der Waals surface area contributed by atoms with Gasteiger partial charge in [0.1, 0.15) is 0 Å². The van der Waals surface area contributed by atoms with Gasteiger partial charge in [0.25, 0.3) is 0 Å². The summed E-state index contributed by atoms with van der Waals surface area (Å²) in [5.74, 6) is 0.900. The Morgan fingerprint density at radius 2 is 2.36 bits per heavy atom. The Kier molecular flexibility index (Phi) is 3.42. The van der Waals surface area contributed by atoms with Crippen molar-refractivity contribution in [2.24, 2.45) is 10.9 Å². The molecular formula is C10H17BrN2S. The second-order valence-electron chi connectivity index (χ2n) is 4.26. The molecule has 4 heteroatoms. The molecule has 0 saturated heterocycles. The van der Waals surface area contributed by atoms with E-state index in [-0.39, 0.29) is 0 Å². The molecule has 1 N–H and O–H groups in total. The van der Waals surface area contributed by atoms with Gasteiger partial charge < -0.3 is 5.32 Å². The number of halogens is 1. The van der Waals surface area contributed by atoms with E-state index in [1.807, 2.05) is 11.8 Å². The maximum absolute atomic E-state index is 4.63. The third-order valence-electron chi connectivity index (χ3n) is 2.95. The largest absolute Gasteiger partial charge is 0.362 e. The van der Waals surface area contributed by atoms with Gasteiger partial charge in [0.15, 0.2) is 5.17 Å². The summed E-state index contributed by atoms with van der Waals surface area (Å²) in [6.07, 6.45) is 2.78. The van der Waals surface area contributed by atoms with Crippen LogP contribution in [0.2, 0.25) is 0 Å². The predicted molar refractivity (Wildman–Crippen MR) is 67.4 cm³/mol. The zero-order chi connectivity index (χ0) is 10.1. The van der Waals surface area contributed by atoms with Gasteiger partial charge in [-0.05, 0) is 32.6 Å². The van der Waals surface area contributed by atoms with E-state index in [0.717, 1.165) is 16.4 Å². The van der Waals surface area contributed by atoms with Crippen molar-refractivity contribution in [3.8, 4) is 0 Å². The fourth-order valence-electron chi connectivity index (χ4n) is 1.68. The van der Waals surface area contributed by atoms with E-state index in [0.29, 0.717) is 17.3 Å². The van der Waals surface area contributed by atoms with Crippen molar-refractivity contribution in [3.05, 3.63) is 0 Å². The zero-order valence-corrected chi connectivity index (χ0v) is 11.1. The van der Waals surface area contributed by atoms with Crippen LogP contribution in [0, 0.1) is 5.92 Å². The highest BCUT2D eigenvalue weighted by Gasteiger charge is 2.31. The van der Waals surface area contributed by atoms with Crippen LogP contribution in [0.1, 0.15) is 26.7 Å². The summed E-state index contributed by atoms with van der Waals surface area (Å²) in [6, 6.07) is 1.07. The molecule has 1 aliphatic carbocycles. The molecule has 80 valence electrons. The number of hydrogen-bond acceptors (Lipinski definition) is 3. The van der Waals surface area contributed by atoms with E-state index >= 15 is 0 Å². The van der Waals surface area contributed by atoms with Gasteiger partial charge in [0.05, 0.1) is 6.04 Å². The van der Waals surface area contributed by atoms with Crippen molar-refractivity contribution < 1.29 is 0 Å². The Morgan fingerprint density at radius 1 is 1.64 bits per heavy atom. The molecule has 0 aromatic heterocycles. The average molecular weight is 277 g/mol. The first-order chi connectivity index (χ1) is 6.70. The Bertz CT molecular complexity index is 240. The summed E-state index contributed by atoms with van der Waals surface area (Å²) in [5, 5.41) is 6.33. The fourth-order valence-corrected chi connectivity index (χ4v) is 3.71. The first-order valence-electron chi connectivity index (χ1n) is 5.27. The van der Waals surface area contributed by atoms with Gasteiger partial charge in [-0.3, -0.25) is 4.99 Å². The molecule has 1 heterocycles. The number of nitrogens with zero attached hydrogens (tertiary/aromatic N) is 1. The number of rotatable bonds is 3. The van der Waals surface area contributed by atoms with Crippen LogP contribution in [0.25, 0.3) is 0 Å². The van der Waals surface area contributed by atoms with E-state index in [9.17, 15) is 0 Å². The Hall–Kier alpha value is 0.300. The molecule has 2 aliphatic rings. The molecule has 1 aliphatic heterocycles. The van der Waals surface area contributed by atoms with Crippen LogP contribution in [0.5, 0.6) is 0 Å². The maximum atomic E-state index is 4.63. The fraction of sp³-hybridized carbons (Fsp3) is 0.900. The molecule has 0 aromatic rings. The minimum atomic E-state index is 0.452. The normalized spacial score (nSPS) is 34.1. The zero-order valence-electron chi connectivity index (χ0n) is 8.66. The van der Waals surface area contributed by atoms with Gasteiger partial charge in [0.2, 0.25) is 0 Å². The summed E-state index contributed by atoms with van der Waals surface area (Å²) in [7, 11) is 0. The van der Waals surface area contributed by atoms with Gasteiger partial charge >= 0.3 is 0 Å². The summed E-state index contributed by atoms with van der Waals surface area (Å²) < 4.78 is 0. The van der Waals surface area contributed by atoms with E-state index in [4.69, 9.17) is 0 Å². The average Bonchev–Trinajstić information content (AvgIpc) is 2.92. The minimum absolute atomic E-state index is 0.452. The van der Waals surface area contributed by atoms with Crippen molar-refractivity contribution in [2.45, 2.75) is 44.0 Å². The summed E-state index contributed by atoms with van der Waals surface area (Å²) >= 11 is 5.41. The van der Waals surface area contributed by atoms with Crippen LogP contribution in [0.4, 0.5) is 0 Å². The molecule has 1 fully saturated rings. The second-order valence-corrected chi connectivity index (χ2v) is 6.13. The molecule has 2 rings (SSSR count). The molecule has 1 saturated carbocycles. The van der Waals surface area contributed by atoms with Gasteiger partial charge in [0, 0.05) is 16.6 Å². The monoisotopic (exact) mass is 276 g/mol. The Labute approximate surface area is 98.4 Å². The third-order valence-corrected chi connectivity index (χ3v) is 5.39. The smallest absolute Gasteiger partial charge is 0.157 e. The highest BCUT2D eigenvalue weighted by molar-refractivity contribution is 9.09. The lowest BCUT2D eigenvalue weighted by Gasteiger charge is -2.13. The van der Waals surface area contributed by atoms with Crippen LogP contribution in [0.3, 0.4) is 0 Å². The highest BCUT2D eigenvalue weighted by Crippen LogP contribution is 2.34. The highest BCUT2D eigenvalue weighted by atomic mass is 79.9. The lowest BCUT2D eigenvalue weighted by atomic mass is 10.2. The van der Waals surface area contributed by atoms with E-state index in [2.05, 4.69) is 40.1 Å². The molecule has 2 nitrogen and oxygen atoms in total. The van der Waals surface area contributed by atoms with Crippen molar-refractivity contribution in [2.75, 3.05) is 5.33 Å². The molecular weight excluding hydrogens is 260 g/mol. The molecule has 0 amide bonds. The van der Waals surface area contributed by atoms with E-state index in [1.54, 1.807) is 0 Å². The maximum Gasteiger partial charge on any atom is 0.157 e. The van der Waals surface area contributed by atoms with Crippen molar-refractivity contribution in [1.29, 1.82) is 0 Å². The molecule has 0 spiro atoms. The number of alkyl halides is 1. The predicted octanol–water partition coefficient (Wildman–Crippen LogP) is 2.63. The first kappa shape index (κ1) is 10.8. The van der Waals surface area contributed by atoms with E-state index < -0.39 is 0 Å². The second kappa shape index (κ2) is 4.44. The van der Waals surface area contributed by atoms with Crippen LogP contribution in [-0.4, -0.2) is 27.8 Å². The Morgan fingerprint density at radius 3 is 2.86 bits per heavy atom. The van der Waals surface area contributed by atoms with Crippen LogP contribution in [0.15, 0.2) is 4.99 Å². The molecule has 3 atom stereocenters. The molecule has 14 heavy (non-hydrogen) atoms. The third kappa shape index (κ3) is 2.45. The van der Waals surface area contributed by atoms with Crippen molar-refractivity contribution >= 4 is 32.9 Å². The molecule has 0 aromatic carbocycles. The molecule has 3 unspecified atom stereocenters. The molecule has 0 radical (unpaired) electrons. The van der Waals surface area contributed by atoms with Gasteiger partial charge in [-0.1, -0.05) is 27.7 Å². The Balaban J connectivity index is 1.84. The van der Waals surface area contributed by atoms with Gasteiger partial charge in [-0.2, -0.15) is 0 Å². The van der Waals surface area contributed by atoms with Gasteiger partial charge in [-0.15, -0.1) is 0 Å². The quantitative estimate of drug-likeness (QED) is 0.802. The van der Waals surface area contributed by atoms with Crippen LogP contribution >= 0.6 is 27.7 Å². The van der Waals surface area contributed by atoms with Crippen molar-refractivity contribution in [1.82, 2.24) is 5.32 Å². The molecule has 0 bridgehead atoms. The summed E-state index contributed by atoms with van der Waals surface area (Å²) in [5.41, 5.74) is 0. The topological polar surface area (TPSA) is 24.4 Å². The van der Waals surface area contributed by atoms with Gasteiger partial charge in [-0.25, -0.2) is 0 Å². The van der Waals surface area contributed by atoms with E-state index in [1.165, 1.54) is 12.8 Å². The number of amidine groups is 1. The number of hydrogen-bond donors (Lipinski definition) is 1. The van der Waals surface area contributed by atoms with Crippen molar-refractivity contribution in [3.63, 3.8) is 0 Å².